The molecule has 2 rings (SSSR count). The smallest absolute Gasteiger partial charge is 0.407 e. The van der Waals surface area contributed by atoms with Crippen LogP contribution in [0.15, 0.2) is 34.5 Å². The van der Waals surface area contributed by atoms with E-state index in [4.69, 9.17) is 0 Å². The van der Waals surface area contributed by atoms with Crippen LogP contribution in [-0.2, 0) is 11.8 Å². The van der Waals surface area contributed by atoms with Gasteiger partial charge in [-0.2, -0.15) is 0 Å². The monoisotopic (exact) mass is 479 g/mol. The molecule has 1 aliphatic heterocycles. The average Bonchev–Trinajstić information content (AvgIpc) is 2.76. The molecule has 1 aromatic heterocycles. The molecule has 0 radical (unpaired) electrons. The van der Waals surface area contributed by atoms with Crippen molar-refractivity contribution in [1.29, 1.82) is 0 Å². The van der Waals surface area contributed by atoms with Crippen LogP contribution in [0.25, 0.3) is 0 Å². The van der Waals surface area contributed by atoms with E-state index >= 15 is 0 Å². The molecule has 34 heavy (non-hydrogen) atoms. The Bertz CT molecular complexity index is 963. The summed E-state index contributed by atoms with van der Waals surface area (Å²) in [6.07, 6.45) is 3.13. The van der Waals surface area contributed by atoms with Crippen molar-refractivity contribution in [2.75, 3.05) is 26.3 Å². The number of rotatable bonds is 10. The Labute approximate surface area is 199 Å². The van der Waals surface area contributed by atoms with E-state index in [1.165, 1.54) is 11.0 Å². The normalized spacial score (nSPS) is 20.7. The van der Waals surface area contributed by atoms with E-state index in [1.54, 1.807) is 18.5 Å². The van der Waals surface area contributed by atoms with Crippen LogP contribution in [0, 0.1) is 11.7 Å². The number of alkyl halides is 1. The van der Waals surface area contributed by atoms with Crippen LogP contribution in [0.5, 0.6) is 0 Å². The molecule has 2 heterocycles. The predicted molar refractivity (Wildman–Crippen MR) is 127 cm³/mol. The molecule has 2 N–H and O–H groups in total. The molecule has 8 nitrogen and oxygen atoms in total. The lowest BCUT2D eigenvalue weighted by atomic mass is 9.89. The van der Waals surface area contributed by atoms with E-state index in [1.807, 2.05) is 13.1 Å². The summed E-state index contributed by atoms with van der Waals surface area (Å²) in [7, 11) is 1.72. The third-order valence-corrected chi connectivity index (χ3v) is 5.73. The predicted octanol–water partition coefficient (Wildman–Crippen LogP) is 3.75. The maximum atomic E-state index is 14.7. The number of aliphatic imine (C=N–C) groups is 1. The number of allylic oxidation sites excluding steroid dienone is 1. The Morgan fingerprint density at radius 2 is 2.09 bits per heavy atom. The number of carbonyl (C=O) groups excluding carboxylic acids is 1. The first kappa shape index (κ1) is 27.2. The summed E-state index contributed by atoms with van der Waals surface area (Å²) in [6.45, 7) is 7.53. The van der Waals surface area contributed by atoms with Crippen molar-refractivity contribution < 1.29 is 23.5 Å². The van der Waals surface area contributed by atoms with Crippen LogP contribution in [0.3, 0.4) is 0 Å². The minimum absolute atomic E-state index is 0.140. The first-order chi connectivity index (χ1) is 16.1. The van der Waals surface area contributed by atoms with E-state index in [0.717, 1.165) is 5.56 Å². The number of halogens is 2. The van der Waals surface area contributed by atoms with Crippen LogP contribution in [0.4, 0.5) is 13.6 Å². The Hall–Kier alpha value is -3.04. The van der Waals surface area contributed by atoms with Gasteiger partial charge < -0.3 is 19.9 Å². The zero-order valence-electron chi connectivity index (χ0n) is 20.2. The van der Waals surface area contributed by atoms with Gasteiger partial charge >= 0.3 is 6.09 Å². The maximum Gasteiger partial charge on any atom is 0.407 e. The molecule has 2 unspecified atom stereocenters. The summed E-state index contributed by atoms with van der Waals surface area (Å²) in [6, 6.07) is 1.45. The number of unbranched alkanes of at least 4 members (excludes halogenated alkanes) is 1. The quantitative estimate of drug-likeness (QED) is 0.500. The molecule has 188 valence electrons. The van der Waals surface area contributed by atoms with Crippen molar-refractivity contribution in [2.45, 2.75) is 51.9 Å². The standard InChI is InChI=1S/C24H35F2N5O3/c1-16(2)28-22-20(26)13-19(15-30(22)4)18-12-17(3)23(32)29-21(27-14-18)8-5-6-10-31(24(33)34)11-7-9-25/h13,15,17-18H,1,5-12,14H2,2-4H3,(H,33,34)(H,27,29,32)/b28-22-. The first-order valence-electron chi connectivity index (χ1n) is 11.6. The van der Waals surface area contributed by atoms with Gasteiger partial charge in [0.25, 0.3) is 0 Å². The number of pyridine rings is 1. The van der Waals surface area contributed by atoms with Gasteiger partial charge in [-0.05, 0) is 44.2 Å². The van der Waals surface area contributed by atoms with Crippen LogP contribution in [0.1, 0.15) is 57.4 Å². The summed E-state index contributed by atoms with van der Waals surface area (Å²) in [4.78, 5) is 33.8. The second-order valence-corrected chi connectivity index (χ2v) is 8.78. The fraction of sp³-hybridized carbons (Fsp3) is 0.583. The lowest BCUT2D eigenvalue weighted by Crippen LogP contribution is -2.38. The first-order valence-corrected chi connectivity index (χ1v) is 11.6. The molecular weight excluding hydrogens is 444 g/mol. The maximum absolute atomic E-state index is 14.7. The number of hydrogen-bond acceptors (Lipinski definition) is 4. The summed E-state index contributed by atoms with van der Waals surface area (Å²) in [5, 5.41) is 12.1. The molecular formula is C24H35F2N5O3. The number of amidine groups is 1. The number of carboxylic acid groups (broad SMARTS) is 1. The molecule has 2 amide bonds. The molecule has 0 bridgehead atoms. The van der Waals surface area contributed by atoms with Crippen molar-refractivity contribution in [3.63, 3.8) is 0 Å². The van der Waals surface area contributed by atoms with Crippen molar-refractivity contribution >= 4 is 17.8 Å². The number of nitrogens with one attached hydrogen (secondary N) is 1. The third kappa shape index (κ3) is 8.07. The topological polar surface area (TPSA) is 99.3 Å². The molecule has 0 spiro atoms. The molecule has 0 saturated heterocycles. The minimum Gasteiger partial charge on any atom is -0.465 e. The molecule has 0 saturated carbocycles. The lowest BCUT2D eigenvalue weighted by Gasteiger charge is -2.24. The third-order valence-electron chi connectivity index (χ3n) is 5.73. The lowest BCUT2D eigenvalue weighted by molar-refractivity contribution is -0.123. The largest absolute Gasteiger partial charge is 0.465 e. The second-order valence-electron chi connectivity index (χ2n) is 8.78. The van der Waals surface area contributed by atoms with Crippen LogP contribution in [-0.4, -0.2) is 58.7 Å². The van der Waals surface area contributed by atoms with Crippen LogP contribution < -0.4 is 10.8 Å². The molecule has 1 aliphatic rings. The highest BCUT2D eigenvalue weighted by Crippen LogP contribution is 2.26. The van der Waals surface area contributed by atoms with E-state index in [9.17, 15) is 23.5 Å². The van der Waals surface area contributed by atoms with Gasteiger partial charge in [0.05, 0.1) is 6.67 Å². The molecule has 0 aliphatic carbocycles. The number of aryl methyl sites for hydroxylation is 1. The molecule has 2 atom stereocenters. The number of nitrogens with zero attached hydrogens (tertiary/aromatic N) is 4. The van der Waals surface area contributed by atoms with E-state index in [2.05, 4.69) is 21.9 Å². The highest BCUT2D eigenvalue weighted by molar-refractivity contribution is 5.99. The van der Waals surface area contributed by atoms with Gasteiger partial charge in [-0.3, -0.25) is 14.2 Å². The minimum atomic E-state index is -1.07. The van der Waals surface area contributed by atoms with E-state index < -0.39 is 18.6 Å². The summed E-state index contributed by atoms with van der Waals surface area (Å²) in [5.74, 6) is -0.476. The Balaban J connectivity index is 2.10. The Morgan fingerprint density at radius 3 is 2.71 bits per heavy atom. The number of amides is 2. The average molecular weight is 480 g/mol. The van der Waals surface area contributed by atoms with E-state index in [0.29, 0.717) is 50.3 Å². The Morgan fingerprint density at radius 1 is 1.38 bits per heavy atom. The van der Waals surface area contributed by atoms with Gasteiger partial charge in [-0.15, -0.1) is 0 Å². The van der Waals surface area contributed by atoms with Crippen LogP contribution >= 0.6 is 0 Å². The van der Waals surface area contributed by atoms with Gasteiger partial charge in [-0.25, -0.2) is 14.2 Å². The van der Waals surface area contributed by atoms with Gasteiger partial charge in [0.2, 0.25) is 5.91 Å². The number of aromatic nitrogens is 1. The van der Waals surface area contributed by atoms with Gasteiger partial charge in [0.15, 0.2) is 11.3 Å². The highest BCUT2D eigenvalue weighted by Gasteiger charge is 2.25. The molecule has 10 heteroatoms. The fourth-order valence-corrected chi connectivity index (χ4v) is 3.90. The van der Waals surface area contributed by atoms with E-state index in [-0.39, 0.29) is 36.2 Å². The Kier molecular flexibility index (Phi) is 10.4. The molecule has 1 aromatic rings. The summed E-state index contributed by atoms with van der Waals surface area (Å²) < 4.78 is 28.7. The van der Waals surface area contributed by atoms with Crippen LogP contribution in [0.2, 0.25) is 0 Å². The summed E-state index contributed by atoms with van der Waals surface area (Å²) in [5.41, 5.74) is 1.44. The van der Waals surface area contributed by atoms with Gasteiger partial charge in [0.1, 0.15) is 5.84 Å². The fourth-order valence-electron chi connectivity index (χ4n) is 3.90. The van der Waals surface area contributed by atoms with Crippen molar-refractivity contribution in [1.82, 2.24) is 14.8 Å². The second kappa shape index (κ2) is 13.0. The SMILES string of the molecule is C=C(C)/N=c1/c(F)cc(C2C/N=C(/CCCCN(CCCF)C(=O)O)NC(=O)C(C)C2)cn1C. The zero-order chi connectivity index (χ0) is 25.3. The molecule has 0 aromatic carbocycles. The van der Waals surface area contributed by atoms with Crippen molar-refractivity contribution in [2.24, 2.45) is 23.0 Å². The van der Waals surface area contributed by atoms with Gasteiger partial charge in [0, 0.05) is 56.8 Å². The number of hydrogen-bond donors (Lipinski definition) is 2. The van der Waals surface area contributed by atoms with Crippen molar-refractivity contribution in [3.8, 4) is 0 Å². The molecule has 0 fully saturated rings. The highest BCUT2D eigenvalue weighted by atomic mass is 19.1. The summed E-state index contributed by atoms with van der Waals surface area (Å²) >= 11 is 0. The van der Waals surface area contributed by atoms with Gasteiger partial charge in [-0.1, -0.05) is 13.5 Å². The number of carbonyl (C=O) groups is 2. The zero-order valence-corrected chi connectivity index (χ0v) is 20.2. The van der Waals surface area contributed by atoms with Crippen molar-refractivity contribution in [3.05, 3.63) is 41.4 Å².